The van der Waals surface area contributed by atoms with E-state index in [2.05, 4.69) is 17.3 Å². The lowest BCUT2D eigenvalue weighted by Gasteiger charge is -2.06. The fourth-order valence-corrected chi connectivity index (χ4v) is 1.67. The Labute approximate surface area is 95.8 Å². The molecular formula is C10H19ClN4. The molecule has 0 atom stereocenters. The van der Waals surface area contributed by atoms with Crippen LogP contribution in [0.25, 0.3) is 0 Å². The lowest BCUT2D eigenvalue weighted by atomic mass is 10.3. The van der Waals surface area contributed by atoms with Gasteiger partial charge in [0.1, 0.15) is 0 Å². The highest BCUT2D eigenvalue weighted by Crippen LogP contribution is 2.19. The van der Waals surface area contributed by atoms with Crippen molar-refractivity contribution in [2.24, 2.45) is 5.73 Å². The van der Waals surface area contributed by atoms with Crippen LogP contribution in [-0.2, 0) is 13.1 Å². The lowest BCUT2D eigenvalue weighted by molar-refractivity contribution is 0.573. The van der Waals surface area contributed by atoms with Crippen LogP contribution in [0.4, 0.5) is 0 Å². The minimum atomic E-state index is 0.715. The van der Waals surface area contributed by atoms with Crippen LogP contribution in [0.3, 0.4) is 0 Å². The van der Waals surface area contributed by atoms with Crippen LogP contribution < -0.4 is 11.1 Å². The van der Waals surface area contributed by atoms with E-state index < -0.39 is 0 Å². The molecular weight excluding hydrogens is 212 g/mol. The van der Waals surface area contributed by atoms with Crippen LogP contribution in [0.5, 0.6) is 0 Å². The third kappa shape index (κ3) is 3.19. The molecule has 0 saturated carbocycles. The average Bonchev–Trinajstić information content (AvgIpc) is 2.51. The van der Waals surface area contributed by atoms with E-state index in [1.807, 2.05) is 11.6 Å². The highest BCUT2D eigenvalue weighted by molar-refractivity contribution is 6.31. The van der Waals surface area contributed by atoms with Gasteiger partial charge in [-0.1, -0.05) is 11.6 Å². The zero-order valence-corrected chi connectivity index (χ0v) is 10.1. The standard InChI is InChI=1S/C10H19ClN4/c1-3-15-9(7-13-6-4-5-12)10(11)8(2)14-15/h13H,3-7,12H2,1-2H3. The first-order valence-corrected chi connectivity index (χ1v) is 5.71. The summed E-state index contributed by atoms with van der Waals surface area (Å²) in [6.07, 6.45) is 0.983. The van der Waals surface area contributed by atoms with Crippen molar-refractivity contribution in [1.29, 1.82) is 0 Å². The molecule has 3 N–H and O–H groups in total. The van der Waals surface area contributed by atoms with E-state index in [4.69, 9.17) is 17.3 Å². The molecule has 0 unspecified atom stereocenters. The zero-order valence-electron chi connectivity index (χ0n) is 9.39. The van der Waals surface area contributed by atoms with Crippen LogP contribution in [0, 0.1) is 6.92 Å². The SMILES string of the molecule is CCn1nc(C)c(Cl)c1CNCCCN. The molecule has 0 amide bonds. The Hall–Kier alpha value is -0.580. The number of aromatic nitrogens is 2. The molecule has 0 aliphatic carbocycles. The molecule has 15 heavy (non-hydrogen) atoms. The molecule has 1 heterocycles. The van der Waals surface area contributed by atoms with Gasteiger partial charge >= 0.3 is 0 Å². The maximum absolute atomic E-state index is 6.16. The molecule has 0 radical (unpaired) electrons. The highest BCUT2D eigenvalue weighted by atomic mass is 35.5. The van der Waals surface area contributed by atoms with Crippen molar-refractivity contribution in [3.63, 3.8) is 0 Å². The number of nitrogens with one attached hydrogen (secondary N) is 1. The van der Waals surface area contributed by atoms with Crippen molar-refractivity contribution in [1.82, 2.24) is 15.1 Å². The van der Waals surface area contributed by atoms with E-state index in [-0.39, 0.29) is 0 Å². The van der Waals surface area contributed by atoms with Crippen LogP contribution in [0.2, 0.25) is 5.02 Å². The van der Waals surface area contributed by atoms with Crippen molar-refractivity contribution in [3.8, 4) is 0 Å². The molecule has 86 valence electrons. The Morgan fingerprint density at radius 1 is 1.53 bits per heavy atom. The molecule has 1 aromatic heterocycles. The Morgan fingerprint density at radius 3 is 2.87 bits per heavy atom. The monoisotopic (exact) mass is 230 g/mol. The van der Waals surface area contributed by atoms with E-state index in [1.165, 1.54) is 0 Å². The summed E-state index contributed by atoms with van der Waals surface area (Å²) in [6, 6.07) is 0. The van der Waals surface area contributed by atoms with E-state index in [0.717, 1.165) is 42.5 Å². The third-order valence-corrected chi connectivity index (χ3v) is 2.79. The Bertz CT molecular complexity index is 309. The molecule has 0 aromatic carbocycles. The molecule has 1 aromatic rings. The van der Waals surface area contributed by atoms with Crippen LogP contribution >= 0.6 is 11.6 Å². The summed E-state index contributed by atoms with van der Waals surface area (Å²) >= 11 is 6.16. The summed E-state index contributed by atoms with van der Waals surface area (Å²) in [4.78, 5) is 0. The second kappa shape index (κ2) is 6.10. The van der Waals surface area contributed by atoms with E-state index >= 15 is 0 Å². The Morgan fingerprint density at radius 2 is 2.27 bits per heavy atom. The number of aryl methyl sites for hydroxylation is 2. The molecule has 5 heteroatoms. The number of nitrogens with two attached hydrogens (primary N) is 1. The zero-order chi connectivity index (χ0) is 11.3. The largest absolute Gasteiger partial charge is 0.330 e. The van der Waals surface area contributed by atoms with Gasteiger partial charge in [-0.25, -0.2) is 0 Å². The normalized spacial score (nSPS) is 10.9. The molecule has 0 bridgehead atoms. The van der Waals surface area contributed by atoms with Gasteiger partial charge in [0.15, 0.2) is 0 Å². The summed E-state index contributed by atoms with van der Waals surface area (Å²) < 4.78 is 1.94. The van der Waals surface area contributed by atoms with Gasteiger partial charge in [0.25, 0.3) is 0 Å². The Balaban J connectivity index is 2.58. The van der Waals surface area contributed by atoms with Gasteiger partial charge < -0.3 is 11.1 Å². The maximum atomic E-state index is 6.16. The van der Waals surface area contributed by atoms with Crippen LogP contribution in [-0.4, -0.2) is 22.9 Å². The number of hydrogen-bond acceptors (Lipinski definition) is 3. The predicted octanol–water partition coefficient (Wildman–Crippen LogP) is 1.30. The van der Waals surface area contributed by atoms with Gasteiger partial charge in [0.05, 0.1) is 16.4 Å². The molecule has 1 rings (SSSR count). The molecule has 0 fully saturated rings. The lowest BCUT2D eigenvalue weighted by Crippen LogP contribution is -2.20. The predicted molar refractivity (Wildman–Crippen MR) is 63.0 cm³/mol. The second-order valence-electron chi connectivity index (χ2n) is 3.48. The molecule has 4 nitrogen and oxygen atoms in total. The number of halogens is 1. The molecule has 0 saturated heterocycles. The van der Waals surface area contributed by atoms with Gasteiger partial charge in [-0.15, -0.1) is 0 Å². The summed E-state index contributed by atoms with van der Waals surface area (Å²) in [7, 11) is 0. The van der Waals surface area contributed by atoms with Crippen molar-refractivity contribution in [2.75, 3.05) is 13.1 Å². The summed E-state index contributed by atoms with van der Waals surface area (Å²) in [5.74, 6) is 0. The Kier molecular flexibility index (Phi) is 5.08. The fraction of sp³-hybridized carbons (Fsp3) is 0.700. The summed E-state index contributed by atoms with van der Waals surface area (Å²) in [5, 5.41) is 8.43. The first-order valence-electron chi connectivity index (χ1n) is 5.33. The molecule has 0 aliphatic rings. The highest BCUT2D eigenvalue weighted by Gasteiger charge is 2.11. The summed E-state index contributed by atoms with van der Waals surface area (Å²) in [6.45, 7) is 7.23. The van der Waals surface area contributed by atoms with Crippen molar-refractivity contribution >= 4 is 11.6 Å². The van der Waals surface area contributed by atoms with E-state index in [0.29, 0.717) is 6.54 Å². The van der Waals surface area contributed by atoms with Gasteiger partial charge in [-0.05, 0) is 33.4 Å². The van der Waals surface area contributed by atoms with Crippen LogP contribution in [0.15, 0.2) is 0 Å². The summed E-state index contributed by atoms with van der Waals surface area (Å²) in [5.41, 5.74) is 7.38. The quantitative estimate of drug-likeness (QED) is 0.725. The molecule has 0 aliphatic heterocycles. The van der Waals surface area contributed by atoms with E-state index in [9.17, 15) is 0 Å². The first-order chi connectivity index (χ1) is 7.20. The first kappa shape index (κ1) is 12.5. The maximum Gasteiger partial charge on any atom is 0.0860 e. The van der Waals surface area contributed by atoms with Crippen molar-refractivity contribution in [3.05, 3.63) is 16.4 Å². The van der Waals surface area contributed by atoms with Crippen molar-refractivity contribution in [2.45, 2.75) is 33.4 Å². The van der Waals surface area contributed by atoms with Gasteiger partial charge in [0.2, 0.25) is 0 Å². The van der Waals surface area contributed by atoms with Gasteiger partial charge in [-0.2, -0.15) is 5.10 Å². The molecule has 0 spiro atoms. The van der Waals surface area contributed by atoms with Crippen molar-refractivity contribution < 1.29 is 0 Å². The van der Waals surface area contributed by atoms with Gasteiger partial charge in [-0.3, -0.25) is 4.68 Å². The topological polar surface area (TPSA) is 55.9 Å². The van der Waals surface area contributed by atoms with Crippen LogP contribution in [0.1, 0.15) is 24.7 Å². The fourth-order valence-electron chi connectivity index (χ4n) is 1.47. The smallest absolute Gasteiger partial charge is 0.0860 e. The van der Waals surface area contributed by atoms with Gasteiger partial charge in [0, 0.05) is 13.1 Å². The minimum Gasteiger partial charge on any atom is -0.330 e. The number of hydrogen-bond donors (Lipinski definition) is 2. The third-order valence-electron chi connectivity index (χ3n) is 2.30. The number of nitrogens with zero attached hydrogens (tertiary/aromatic N) is 2. The number of rotatable bonds is 6. The average molecular weight is 231 g/mol. The minimum absolute atomic E-state index is 0.715. The van der Waals surface area contributed by atoms with E-state index in [1.54, 1.807) is 0 Å². The second-order valence-corrected chi connectivity index (χ2v) is 3.86.